The van der Waals surface area contributed by atoms with Crippen molar-refractivity contribution in [3.05, 3.63) is 12.4 Å². The average Bonchev–Trinajstić information content (AvgIpc) is 2.90. The number of hydrogen-bond acceptors (Lipinski definition) is 5. The van der Waals surface area contributed by atoms with Crippen LogP contribution in [0.25, 0.3) is 0 Å². The van der Waals surface area contributed by atoms with Gasteiger partial charge in [0.05, 0.1) is 12.7 Å². The van der Waals surface area contributed by atoms with Crippen molar-refractivity contribution in [3.8, 4) is 11.8 Å². The van der Waals surface area contributed by atoms with E-state index in [0.717, 1.165) is 25.9 Å². The molecule has 104 valence electrons. The topological polar surface area (TPSA) is 69.0 Å². The van der Waals surface area contributed by atoms with Crippen LogP contribution in [0.3, 0.4) is 0 Å². The zero-order valence-corrected chi connectivity index (χ0v) is 11.3. The summed E-state index contributed by atoms with van der Waals surface area (Å²) in [6, 6.07) is 0. The second kappa shape index (κ2) is 10.2. The first kappa shape index (κ1) is 15.3. The van der Waals surface area contributed by atoms with Crippen molar-refractivity contribution in [3.63, 3.8) is 0 Å². The number of ether oxygens (including phenoxy) is 1. The van der Waals surface area contributed by atoms with Crippen molar-refractivity contribution in [2.24, 2.45) is 0 Å². The molecule has 6 heteroatoms. The summed E-state index contributed by atoms with van der Waals surface area (Å²) in [7, 11) is 0. The Morgan fingerprint density at radius 2 is 2.26 bits per heavy atom. The number of nitrogens with zero attached hydrogens (tertiary/aromatic N) is 3. The van der Waals surface area contributed by atoms with E-state index in [4.69, 9.17) is 4.74 Å². The van der Waals surface area contributed by atoms with Gasteiger partial charge in [0.1, 0.15) is 0 Å². The standard InChI is InChI=1S/C13H20N4O2/c1-2-5-13(18)12-14-6-3-10-19-11-4-8-17-9-7-15-16-17/h7,9,14H,3-4,6,8,10-12H2,1H3. The Kier molecular flexibility index (Phi) is 8.27. The minimum Gasteiger partial charge on any atom is -0.381 e. The maximum atomic E-state index is 11.0. The molecule has 0 saturated carbocycles. The lowest BCUT2D eigenvalue weighted by molar-refractivity contribution is -0.113. The number of carbonyl (C=O) groups is 1. The highest BCUT2D eigenvalue weighted by atomic mass is 16.5. The zero-order valence-electron chi connectivity index (χ0n) is 11.3. The summed E-state index contributed by atoms with van der Waals surface area (Å²) in [5, 5.41) is 10.6. The van der Waals surface area contributed by atoms with Crippen molar-refractivity contribution in [1.29, 1.82) is 0 Å². The Morgan fingerprint density at radius 3 is 3.00 bits per heavy atom. The van der Waals surface area contributed by atoms with E-state index in [0.29, 0.717) is 19.8 Å². The van der Waals surface area contributed by atoms with Crippen LogP contribution in [0.1, 0.15) is 19.8 Å². The molecule has 0 bridgehead atoms. The Hall–Kier alpha value is -1.71. The molecule has 0 aliphatic rings. The quantitative estimate of drug-likeness (QED) is 0.373. The molecular formula is C13H20N4O2. The summed E-state index contributed by atoms with van der Waals surface area (Å²) >= 11 is 0. The summed E-state index contributed by atoms with van der Waals surface area (Å²) in [4.78, 5) is 11.0. The lowest BCUT2D eigenvalue weighted by Gasteiger charge is -2.04. The largest absolute Gasteiger partial charge is 0.381 e. The molecule has 1 aromatic rings. The highest BCUT2D eigenvalue weighted by molar-refractivity contribution is 5.96. The lowest BCUT2D eigenvalue weighted by Crippen LogP contribution is -2.23. The Morgan fingerprint density at radius 1 is 1.42 bits per heavy atom. The van der Waals surface area contributed by atoms with Crippen LogP contribution in [-0.4, -0.2) is 47.1 Å². The number of hydrogen-bond donors (Lipinski definition) is 1. The number of Topliss-reactive ketones (excluding diaryl/α,β-unsaturated/α-hetero) is 1. The minimum atomic E-state index is -0.0729. The number of aryl methyl sites for hydroxylation is 1. The fourth-order valence-corrected chi connectivity index (χ4v) is 1.47. The van der Waals surface area contributed by atoms with Crippen molar-refractivity contribution in [1.82, 2.24) is 20.3 Å². The van der Waals surface area contributed by atoms with Gasteiger partial charge >= 0.3 is 0 Å². The summed E-state index contributed by atoms with van der Waals surface area (Å²) in [5.41, 5.74) is 0. The third-order valence-electron chi connectivity index (χ3n) is 2.34. The van der Waals surface area contributed by atoms with Crippen molar-refractivity contribution >= 4 is 5.78 Å². The highest BCUT2D eigenvalue weighted by Gasteiger charge is 1.96. The molecule has 0 fully saturated rings. The van der Waals surface area contributed by atoms with E-state index in [2.05, 4.69) is 27.5 Å². The van der Waals surface area contributed by atoms with Crippen LogP contribution in [0.15, 0.2) is 12.4 Å². The van der Waals surface area contributed by atoms with Crippen molar-refractivity contribution < 1.29 is 9.53 Å². The van der Waals surface area contributed by atoms with E-state index in [1.54, 1.807) is 17.8 Å². The van der Waals surface area contributed by atoms with E-state index >= 15 is 0 Å². The van der Waals surface area contributed by atoms with Gasteiger partial charge in [-0.3, -0.25) is 9.48 Å². The number of carbonyl (C=O) groups excluding carboxylic acids is 1. The summed E-state index contributed by atoms with van der Waals surface area (Å²) in [6.07, 6.45) is 5.30. The fraction of sp³-hybridized carbons (Fsp3) is 0.615. The van der Waals surface area contributed by atoms with Crippen LogP contribution >= 0.6 is 0 Å². The second-order valence-electron chi connectivity index (χ2n) is 3.96. The van der Waals surface area contributed by atoms with Gasteiger partial charge in [0.2, 0.25) is 5.78 Å². The predicted octanol–water partition coefficient (Wildman–Crippen LogP) is 0.257. The number of nitrogens with one attached hydrogen (secondary N) is 1. The molecule has 1 rings (SSSR count). The monoisotopic (exact) mass is 264 g/mol. The molecule has 0 amide bonds. The fourth-order valence-electron chi connectivity index (χ4n) is 1.47. The third-order valence-corrected chi connectivity index (χ3v) is 2.34. The predicted molar refractivity (Wildman–Crippen MR) is 71.4 cm³/mol. The number of ketones is 1. The smallest absolute Gasteiger partial charge is 0.219 e. The SMILES string of the molecule is CC#CC(=O)CNCCCOCCCn1ccnn1. The Balaban J connectivity index is 1.83. The Labute approximate surface area is 113 Å². The third kappa shape index (κ3) is 8.08. The van der Waals surface area contributed by atoms with Crippen LogP contribution in [0.2, 0.25) is 0 Å². The van der Waals surface area contributed by atoms with Gasteiger partial charge in [0, 0.05) is 26.0 Å². The average molecular weight is 264 g/mol. The van der Waals surface area contributed by atoms with Crippen LogP contribution in [-0.2, 0) is 16.1 Å². The molecule has 1 heterocycles. The molecule has 1 aromatic heterocycles. The van der Waals surface area contributed by atoms with Gasteiger partial charge < -0.3 is 10.1 Å². The first-order chi connectivity index (χ1) is 9.33. The second-order valence-corrected chi connectivity index (χ2v) is 3.96. The molecular weight excluding hydrogens is 244 g/mol. The summed E-state index contributed by atoms with van der Waals surface area (Å²) in [5.74, 6) is 4.99. The van der Waals surface area contributed by atoms with E-state index in [9.17, 15) is 4.79 Å². The van der Waals surface area contributed by atoms with Crippen LogP contribution < -0.4 is 5.32 Å². The van der Waals surface area contributed by atoms with E-state index in [1.807, 2.05) is 6.20 Å². The summed E-state index contributed by atoms with van der Waals surface area (Å²) in [6.45, 7) is 4.96. The number of aromatic nitrogens is 3. The lowest BCUT2D eigenvalue weighted by atomic mass is 10.3. The van der Waals surface area contributed by atoms with Gasteiger partial charge in [-0.1, -0.05) is 11.1 Å². The van der Waals surface area contributed by atoms with Gasteiger partial charge in [0.25, 0.3) is 0 Å². The molecule has 0 aromatic carbocycles. The first-order valence-corrected chi connectivity index (χ1v) is 6.41. The van der Waals surface area contributed by atoms with Gasteiger partial charge in [-0.15, -0.1) is 5.10 Å². The molecule has 0 spiro atoms. The van der Waals surface area contributed by atoms with Gasteiger partial charge in [-0.05, 0) is 32.2 Å². The molecule has 0 unspecified atom stereocenters. The van der Waals surface area contributed by atoms with Crippen LogP contribution in [0.4, 0.5) is 0 Å². The van der Waals surface area contributed by atoms with Crippen molar-refractivity contribution in [2.75, 3.05) is 26.3 Å². The van der Waals surface area contributed by atoms with E-state index < -0.39 is 0 Å². The number of rotatable bonds is 10. The molecule has 1 N–H and O–H groups in total. The zero-order chi connectivity index (χ0) is 13.8. The molecule has 0 atom stereocenters. The molecule has 0 saturated heterocycles. The normalized spacial score (nSPS) is 9.95. The maximum absolute atomic E-state index is 11.0. The van der Waals surface area contributed by atoms with Gasteiger partial charge in [0.15, 0.2) is 0 Å². The molecule has 19 heavy (non-hydrogen) atoms. The molecule has 0 aliphatic carbocycles. The van der Waals surface area contributed by atoms with Gasteiger partial charge in [-0.25, -0.2) is 0 Å². The Bertz CT molecular complexity index is 406. The van der Waals surface area contributed by atoms with Crippen molar-refractivity contribution in [2.45, 2.75) is 26.3 Å². The molecule has 0 radical (unpaired) electrons. The molecule has 6 nitrogen and oxygen atoms in total. The van der Waals surface area contributed by atoms with E-state index in [-0.39, 0.29) is 5.78 Å². The maximum Gasteiger partial charge on any atom is 0.219 e. The van der Waals surface area contributed by atoms with E-state index in [1.165, 1.54) is 0 Å². The highest BCUT2D eigenvalue weighted by Crippen LogP contribution is 1.90. The first-order valence-electron chi connectivity index (χ1n) is 6.41. The van der Waals surface area contributed by atoms with Gasteiger partial charge in [-0.2, -0.15) is 0 Å². The van der Waals surface area contributed by atoms with Crippen LogP contribution in [0, 0.1) is 11.8 Å². The van der Waals surface area contributed by atoms with Crippen LogP contribution in [0.5, 0.6) is 0 Å². The minimum absolute atomic E-state index is 0.0729. The summed E-state index contributed by atoms with van der Waals surface area (Å²) < 4.78 is 7.26. The molecule has 0 aliphatic heterocycles.